The maximum Gasteiger partial charge on any atom is 0.329 e. The second kappa shape index (κ2) is 7.54. The molecule has 0 aliphatic carbocycles. The number of ether oxygens (including phenoxy) is 2. The SMILES string of the molecule is C=Cc1ccc(Oc2nc(Cl)nc(Oc3c(C)cc(C)cc3C)n2)cc1. The van der Waals surface area contributed by atoms with Crippen LogP contribution in [0, 0.1) is 20.8 Å². The number of aryl methyl sites for hydroxylation is 3. The van der Waals surface area contributed by atoms with Crippen molar-refractivity contribution < 1.29 is 9.47 Å². The largest absolute Gasteiger partial charge is 0.424 e. The predicted octanol–water partition coefficient (Wildman–Crippen LogP) is 5.68. The summed E-state index contributed by atoms with van der Waals surface area (Å²) in [4.78, 5) is 12.2. The summed E-state index contributed by atoms with van der Waals surface area (Å²) in [6, 6.07) is 11.6. The molecule has 0 aliphatic heterocycles. The van der Waals surface area contributed by atoms with Gasteiger partial charge in [-0.1, -0.05) is 42.5 Å². The molecule has 0 N–H and O–H groups in total. The standard InChI is InChI=1S/C20H18ClN3O2/c1-5-15-6-8-16(9-7-15)25-19-22-18(21)23-20(24-19)26-17-13(3)10-12(2)11-14(17)4/h5-11H,1H2,2-4H3. The molecule has 0 saturated carbocycles. The molecule has 0 atom stereocenters. The Balaban J connectivity index is 1.86. The number of aromatic nitrogens is 3. The van der Waals surface area contributed by atoms with Crippen LogP contribution in [0.25, 0.3) is 6.08 Å². The van der Waals surface area contributed by atoms with Crippen molar-refractivity contribution in [2.24, 2.45) is 0 Å². The lowest BCUT2D eigenvalue weighted by atomic mass is 10.1. The third-order valence-corrected chi connectivity index (χ3v) is 3.86. The van der Waals surface area contributed by atoms with E-state index in [1.165, 1.54) is 0 Å². The number of nitrogens with zero attached hydrogens (tertiary/aromatic N) is 3. The summed E-state index contributed by atoms with van der Waals surface area (Å²) >= 11 is 6.00. The highest BCUT2D eigenvalue weighted by molar-refractivity contribution is 6.28. The first-order valence-electron chi connectivity index (χ1n) is 8.02. The number of hydrogen-bond acceptors (Lipinski definition) is 5. The van der Waals surface area contributed by atoms with Gasteiger partial charge in [0.2, 0.25) is 5.28 Å². The van der Waals surface area contributed by atoms with Crippen LogP contribution in [0.1, 0.15) is 22.3 Å². The van der Waals surface area contributed by atoms with E-state index in [1.54, 1.807) is 18.2 Å². The van der Waals surface area contributed by atoms with Crippen molar-refractivity contribution in [3.05, 3.63) is 70.5 Å². The monoisotopic (exact) mass is 367 g/mol. The van der Waals surface area contributed by atoms with Gasteiger partial charge in [0.25, 0.3) is 0 Å². The van der Waals surface area contributed by atoms with Crippen molar-refractivity contribution in [2.45, 2.75) is 20.8 Å². The predicted molar refractivity (Wildman–Crippen MR) is 102 cm³/mol. The zero-order valence-electron chi connectivity index (χ0n) is 14.8. The Bertz CT molecular complexity index is 933. The topological polar surface area (TPSA) is 57.1 Å². The first-order valence-corrected chi connectivity index (χ1v) is 8.40. The smallest absolute Gasteiger partial charge is 0.329 e. The second-order valence-corrected chi connectivity index (χ2v) is 6.21. The third kappa shape index (κ3) is 4.18. The molecule has 0 radical (unpaired) electrons. The van der Waals surface area contributed by atoms with Crippen LogP contribution >= 0.6 is 11.6 Å². The van der Waals surface area contributed by atoms with E-state index in [0.29, 0.717) is 11.5 Å². The first-order chi connectivity index (χ1) is 12.4. The minimum atomic E-state index is -0.00451. The quantitative estimate of drug-likeness (QED) is 0.580. The molecule has 0 fully saturated rings. The fraction of sp³-hybridized carbons (Fsp3) is 0.150. The van der Waals surface area contributed by atoms with E-state index in [4.69, 9.17) is 21.1 Å². The van der Waals surface area contributed by atoms with Crippen LogP contribution in [-0.2, 0) is 0 Å². The van der Waals surface area contributed by atoms with E-state index in [1.807, 2.05) is 45.0 Å². The Labute approximate surface area is 157 Å². The fourth-order valence-corrected chi connectivity index (χ4v) is 2.75. The van der Waals surface area contributed by atoms with Gasteiger partial charge in [-0.3, -0.25) is 0 Å². The fourth-order valence-electron chi connectivity index (χ4n) is 2.60. The number of rotatable bonds is 5. The Morgan fingerprint density at radius 1 is 0.885 bits per heavy atom. The molecule has 0 spiro atoms. The zero-order chi connectivity index (χ0) is 18.7. The van der Waals surface area contributed by atoms with Crippen LogP contribution in [0.2, 0.25) is 5.28 Å². The number of benzene rings is 2. The maximum atomic E-state index is 6.00. The molecule has 2 aromatic carbocycles. The van der Waals surface area contributed by atoms with Crippen molar-refractivity contribution in [3.63, 3.8) is 0 Å². The molecule has 132 valence electrons. The molecular weight excluding hydrogens is 350 g/mol. The zero-order valence-corrected chi connectivity index (χ0v) is 15.5. The number of halogens is 1. The Kier molecular flexibility index (Phi) is 5.19. The van der Waals surface area contributed by atoms with Crippen LogP contribution < -0.4 is 9.47 Å². The van der Waals surface area contributed by atoms with Crippen LogP contribution in [-0.4, -0.2) is 15.0 Å². The molecule has 1 heterocycles. The molecule has 3 rings (SSSR count). The molecule has 0 saturated heterocycles. The van der Waals surface area contributed by atoms with Gasteiger partial charge < -0.3 is 9.47 Å². The maximum absolute atomic E-state index is 6.00. The van der Waals surface area contributed by atoms with Crippen LogP contribution in [0.4, 0.5) is 0 Å². The molecule has 26 heavy (non-hydrogen) atoms. The number of hydrogen-bond donors (Lipinski definition) is 0. The van der Waals surface area contributed by atoms with Crippen LogP contribution in [0.5, 0.6) is 23.5 Å². The van der Waals surface area contributed by atoms with E-state index >= 15 is 0 Å². The Morgan fingerprint density at radius 3 is 2.04 bits per heavy atom. The molecule has 0 bridgehead atoms. The minimum Gasteiger partial charge on any atom is -0.424 e. The van der Waals surface area contributed by atoms with Crippen molar-refractivity contribution in [1.82, 2.24) is 15.0 Å². The molecule has 5 nitrogen and oxygen atoms in total. The molecule has 6 heteroatoms. The summed E-state index contributed by atoms with van der Waals surface area (Å²) in [5, 5.41) is -0.00451. The van der Waals surface area contributed by atoms with Gasteiger partial charge in [-0.2, -0.15) is 9.97 Å². The summed E-state index contributed by atoms with van der Waals surface area (Å²) in [5.74, 6) is 1.27. The summed E-state index contributed by atoms with van der Waals surface area (Å²) in [5.41, 5.74) is 4.12. The van der Waals surface area contributed by atoms with E-state index in [9.17, 15) is 0 Å². The minimum absolute atomic E-state index is 0.00451. The van der Waals surface area contributed by atoms with Crippen molar-refractivity contribution >= 4 is 17.7 Å². The molecular formula is C20H18ClN3O2. The Hall–Kier alpha value is -2.92. The summed E-state index contributed by atoms with van der Waals surface area (Å²) in [6.07, 6.45) is 1.75. The second-order valence-electron chi connectivity index (χ2n) is 5.87. The first kappa shape index (κ1) is 17.9. The van der Waals surface area contributed by atoms with E-state index in [2.05, 4.69) is 21.5 Å². The lowest BCUT2D eigenvalue weighted by molar-refractivity contribution is 0.394. The average Bonchev–Trinajstić information content (AvgIpc) is 2.58. The summed E-state index contributed by atoms with van der Waals surface area (Å²) < 4.78 is 11.5. The highest BCUT2D eigenvalue weighted by Gasteiger charge is 2.12. The van der Waals surface area contributed by atoms with Gasteiger partial charge in [-0.15, -0.1) is 4.98 Å². The summed E-state index contributed by atoms with van der Waals surface area (Å²) in [7, 11) is 0. The van der Waals surface area contributed by atoms with Crippen molar-refractivity contribution in [1.29, 1.82) is 0 Å². The molecule has 3 aromatic rings. The van der Waals surface area contributed by atoms with Crippen LogP contribution in [0.15, 0.2) is 43.0 Å². The molecule has 0 aliphatic rings. The Morgan fingerprint density at radius 2 is 1.46 bits per heavy atom. The van der Waals surface area contributed by atoms with Gasteiger partial charge in [0.05, 0.1) is 0 Å². The average molecular weight is 368 g/mol. The van der Waals surface area contributed by atoms with Gasteiger partial charge in [0.15, 0.2) is 0 Å². The lowest BCUT2D eigenvalue weighted by Crippen LogP contribution is -2.00. The molecule has 0 unspecified atom stereocenters. The van der Waals surface area contributed by atoms with Crippen molar-refractivity contribution in [2.75, 3.05) is 0 Å². The van der Waals surface area contributed by atoms with Crippen LogP contribution in [0.3, 0.4) is 0 Å². The van der Waals surface area contributed by atoms with E-state index in [-0.39, 0.29) is 17.3 Å². The van der Waals surface area contributed by atoms with Gasteiger partial charge in [-0.25, -0.2) is 0 Å². The summed E-state index contributed by atoms with van der Waals surface area (Å²) in [6.45, 7) is 9.69. The highest BCUT2D eigenvalue weighted by atomic mass is 35.5. The third-order valence-electron chi connectivity index (χ3n) is 3.69. The van der Waals surface area contributed by atoms with E-state index < -0.39 is 0 Å². The normalized spacial score (nSPS) is 10.5. The van der Waals surface area contributed by atoms with Gasteiger partial charge in [0, 0.05) is 0 Å². The van der Waals surface area contributed by atoms with Crippen molar-refractivity contribution in [3.8, 4) is 23.5 Å². The molecule has 0 amide bonds. The van der Waals surface area contributed by atoms with Gasteiger partial charge >= 0.3 is 12.0 Å². The van der Waals surface area contributed by atoms with Gasteiger partial charge in [0.1, 0.15) is 11.5 Å². The van der Waals surface area contributed by atoms with Gasteiger partial charge in [-0.05, 0) is 61.2 Å². The van der Waals surface area contributed by atoms with E-state index in [0.717, 1.165) is 22.3 Å². The lowest BCUT2D eigenvalue weighted by Gasteiger charge is -2.12. The highest BCUT2D eigenvalue weighted by Crippen LogP contribution is 2.29. The molecule has 1 aromatic heterocycles.